The highest BCUT2D eigenvalue weighted by atomic mass is 35.5. The number of hydrogen-bond donors (Lipinski definition) is 1. The number of nitrogens with one attached hydrogen (secondary N) is 1. The first-order chi connectivity index (χ1) is 7.20. The average molecular weight is 241 g/mol. The predicted molar refractivity (Wildman–Crippen MR) is 68.0 cm³/mol. The first-order valence-corrected chi connectivity index (χ1v) is 6.21. The van der Waals surface area contributed by atoms with Gasteiger partial charge >= 0.3 is 0 Å². The standard InChI is InChI=1S/C11H13ClN2S/c1-3-7(2)13-11-14-9-6-4-5-8(12)10(9)15-11/h4-7H,3H2,1-2H3,(H,13,14). The number of nitrogens with zero attached hydrogens (tertiary/aromatic N) is 1. The van der Waals surface area contributed by atoms with Gasteiger partial charge in [0.05, 0.1) is 15.2 Å². The summed E-state index contributed by atoms with van der Waals surface area (Å²) in [6.45, 7) is 4.30. The van der Waals surface area contributed by atoms with E-state index in [1.54, 1.807) is 11.3 Å². The van der Waals surface area contributed by atoms with Gasteiger partial charge in [0.25, 0.3) is 0 Å². The van der Waals surface area contributed by atoms with Crippen molar-refractivity contribution < 1.29 is 0 Å². The Kier molecular flexibility index (Phi) is 3.12. The zero-order chi connectivity index (χ0) is 10.8. The van der Waals surface area contributed by atoms with Gasteiger partial charge in [0.1, 0.15) is 0 Å². The highest BCUT2D eigenvalue weighted by molar-refractivity contribution is 7.22. The van der Waals surface area contributed by atoms with Crippen LogP contribution in [0.3, 0.4) is 0 Å². The van der Waals surface area contributed by atoms with E-state index in [9.17, 15) is 0 Å². The molecule has 15 heavy (non-hydrogen) atoms. The monoisotopic (exact) mass is 240 g/mol. The van der Waals surface area contributed by atoms with E-state index in [4.69, 9.17) is 11.6 Å². The maximum absolute atomic E-state index is 6.08. The molecule has 1 aromatic carbocycles. The maximum atomic E-state index is 6.08. The lowest BCUT2D eigenvalue weighted by Gasteiger charge is -2.08. The minimum absolute atomic E-state index is 0.448. The zero-order valence-electron chi connectivity index (χ0n) is 8.75. The Hall–Kier alpha value is -0.800. The van der Waals surface area contributed by atoms with Crippen molar-refractivity contribution in [3.63, 3.8) is 0 Å². The molecule has 1 unspecified atom stereocenters. The molecule has 0 fully saturated rings. The summed E-state index contributed by atoms with van der Waals surface area (Å²) in [4.78, 5) is 4.48. The summed E-state index contributed by atoms with van der Waals surface area (Å²) in [5.74, 6) is 0. The number of anilines is 1. The molecule has 2 nitrogen and oxygen atoms in total. The van der Waals surface area contributed by atoms with Crippen LogP contribution >= 0.6 is 22.9 Å². The fraction of sp³-hybridized carbons (Fsp3) is 0.364. The van der Waals surface area contributed by atoms with E-state index in [1.807, 2.05) is 18.2 Å². The Morgan fingerprint density at radius 1 is 1.53 bits per heavy atom. The minimum Gasteiger partial charge on any atom is -0.359 e. The van der Waals surface area contributed by atoms with Crippen molar-refractivity contribution in [2.24, 2.45) is 0 Å². The van der Waals surface area contributed by atoms with Gasteiger partial charge in [-0.15, -0.1) is 0 Å². The average Bonchev–Trinajstić information content (AvgIpc) is 2.62. The third-order valence-electron chi connectivity index (χ3n) is 2.35. The number of rotatable bonds is 3. The van der Waals surface area contributed by atoms with E-state index in [2.05, 4.69) is 24.1 Å². The Morgan fingerprint density at radius 2 is 2.33 bits per heavy atom. The van der Waals surface area contributed by atoms with Crippen molar-refractivity contribution in [3.8, 4) is 0 Å². The topological polar surface area (TPSA) is 24.9 Å². The molecule has 0 aliphatic carbocycles. The zero-order valence-corrected chi connectivity index (χ0v) is 10.3. The fourth-order valence-corrected chi connectivity index (χ4v) is 2.56. The van der Waals surface area contributed by atoms with Crippen LogP contribution in [0.25, 0.3) is 10.2 Å². The quantitative estimate of drug-likeness (QED) is 0.872. The number of hydrogen-bond acceptors (Lipinski definition) is 3. The molecule has 0 spiro atoms. The van der Waals surface area contributed by atoms with Crippen molar-refractivity contribution in [2.45, 2.75) is 26.3 Å². The van der Waals surface area contributed by atoms with Crippen molar-refractivity contribution in [1.29, 1.82) is 0 Å². The van der Waals surface area contributed by atoms with Gasteiger partial charge in [0, 0.05) is 6.04 Å². The minimum atomic E-state index is 0.448. The van der Waals surface area contributed by atoms with Gasteiger partial charge in [0.2, 0.25) is 0 Å². The predicted octanol–water partition coefficient (Wildman–Crippen LogP) is 4.16. The second-order valence-corrected chi connectivity index (χ2v) is 4.97. The third-order valence-corrected chi connectivity index (χ3v) is 3.81. The van der Waals surface area contributed by atoms with E-state index in [0.717, 1.165) is 26.8 Å². The number of halogens is 1. The van der Waals surface area contributed by atoms with Crippen LogP contribution in [0, 0.1) is 0 Å². The molecule has 0 bridgehead atoms. The number of benzene rings is 1. The summed E-state index contributed by atoms with van der Waals surface area (Å²) in [6.07, 6.45) is 1.09. The van der Waals surface area contributed by atoms with Crippen molar-refractivity contribution >= 4 is 38.3 Å². The van der Waals surface area contributed by atoms with E-state index >= 15 is 0 Å². The Balaban J connectivity index is 2.35. The summed E-state index contributed by atoms with van der Waals surface area (Å²) < 4.78 is 1.06. The van der Waals surface area contributed by atoms with Gasteiger partial charge in [-0.1, -0.05) is 35.9 Å². The summed E-state index contributed by atoms with van der Waals surface area (Å²) in [6, 6.07) is 6.26. The van der Waals surface area contributed by atoms with Crippen LogP contribution in [0.2, 0.25) is 5.02 Å². The molecule has 0 saturated heterocycles. The van der Waals surface area contributed by atoms with Crippen molar-refractivity contribution in [3.05, 3.63) is 23.2 Å². The molecular formula is C11H13ClN2S. The maximum Gasteiger partial charge on any atom is 0.184 e. The SMILES string of the molecule is CCC(C)Nc1nc2cccc(Cl)c2s1. The lowest BCUT2D eigenvalue weighted by atomic mass is 10.3. The molecule has 4 heteroatoms. The number of aromatic nitrogens is 1. The van der Waals surface area contributed by atoms with Crippen LogP contribution in [-0.2, 0) is 0 Å². The van der Waals surface area contributed by atoms with E-state index < -0.39 is 0 Å². The summed E-state index contributed by atoms with van der Waals surface area (Å²) in [7, 11) is 0. The first kappa shape index (κ1) is 10.7. The summed E-state index contributed by atoms with van der Waals surface area (Å²) in [5.41, 5.74) is 0.971. The molecule has 0 aliphatic heterocycles. The van der Waals surface area contributed by atoms with Crippen LogP contribution in [0.5, 0.6) is 0 Å². The van der Waals surface area contributed by atoms with Crippen LogP contribution in [0.4, 0.5) is 5.13 Å². The molecule has 0 amide bonds. The van der Waals surface area contributed by atoms with Gasteiger partial charge < -0.3 is 5.32 Å². The van der Waals surface area contributed by atoms with Crippen molar-refractivity contribution in [2.75, 3.05) is 5.32 Å². The molecular weight excluding hydrogens is 228 g/mol. The second kappa shape index (κ2) is 4.37. The molecule has 80 valence electrons. The fourth-order valence-electron chi connectivity index (χ4n) is 1.29. The number of fused-ring (bicyclic) bond motifs is 1. The molecule has 1 atom stereocenters. The van der Waals surface area contributed by atoms with Gasteiger partial charge in [-0.25, -0.2) is 4.98 Å². The normalized spacial score (nSPS) is 13.0. The molecule has 2 aromatic rings. The Labute approximate surface area is 98.3 Å². The number of thiazole rings is 1. The molecule has 1 heterocycles. The van der Waals surface area contributed by atoms with Crippen molar-refractivity contribution in [1.82, 2.24) is 4.98 Å². The van der Waals surface area contributed by atoms with Crippen LogP contribution in [0.15, 0.2) is 18.2 Å². The van der Waals surface area contributed by atoms with E-state index in [1.165, 1.54) is 0 Å². The molecule has 0 aliphatic rings. The van der Waals surface area contributed by atoms with Gasteiger partial charge in [-0.05, 0) is 25.5 Å². The molecule has 2 rings (SSSR count). The Bertz CT molecular complexity index is 467. The van der Waals surface area contributed by atoms with Gasteiger partial charge in [-0.2, -0.15) is 0 Å². The largest absolute Gasteiger partial charge is 0.359 e. The highest BCUT2D eigenvalue weighted by Crippen LogP contribution is 2.31. The van der Waals surface area contributed by atoms with Crippen LogP contribution < -0.4 is 5.32 Å². The lowest BCUT2D eigenvalue weighted by Crippen LogP contribution is -2.12. The Morgan fingerprint density at radius 3 is 3.00 bits per heavy atom. The van der Waals surface area contributed by atoms with Gasteiger partial charge in [0.15, 0.2) is 5.13 Å². The molecule has 1 N–H and O–H groups in total. The molecule has 1 aromatic heterocycles. The van der Waals surface area contributed by atoms with Gasteiger partial charge in [-0.3, -0.25) is 0 Å². The molecule has 0 saturated carbocycles. The second-order valence-electron chi connectivity index (χ2n) is 3.56. The third kappa shape index (κ3) is 2.24. The van der Waals surface area contributed by atoms with Crippen LogP contribution in [-0.4, -0.2) is 11.0 Å². The first-order valence-electron chi connectivity index (χ1n) is 5.02. The molecule has 0 radical (unpaired) electrons. The lowest BCUT2D eigenvalue weighted by molar-refractivity contribution is 0.763. The van der Waals surface area contributed by atoms with Crippen LogP contribution in [0.1, 0.15) is 20.3 Å². The summed E-state index contributed by atoms with van der Waals surface area (Å²) >= 11 is 7.70. The van der Waals surface area contributed by atoms with E-state index in [0.29, 0.717) is 6.04 Å². The summed E-state index contributed by atoms with van der Waals surface area (Å²) in [5, 5.41) is 5.09. The highest BCUT2D eigenvalue weighted by Gasteiger charge is 2.07. The van der Waals surface area contributed by atoms with E-state index in [-0.39, 0.29) is 0 Å². The smallest absolute Gasteiger partial charge is 0.184 e.